The molecule has 1 aromatic carbocycles. The molecule has 1 amide bonds. The fourth-order valence-corrected chi connectivity index (χ4v) is 3.27. The number of benzene rings is 1. The molecule has 2 rings (SSSR count). The van der Waals surface area contributed by atoms with E-state index in [0.29, 0.717) is 16.0 Å². The van der Waals surface area contributed by atoms with Gasteiger partial charge in [-0.2, -0.15) is 0 Å². The Bertz CT molecular complexity index is 501. The van der Waals surface area contributed by atoms with Gasteiger partial charge in [0.05, 0.1) is 11.3 Å². The fraction of sp³-hybridized carbons (Fsp3) is 0.533. The SMILES string of the molecule is CC(NC(=O)c1cc(N)c(F)cc1Br)C1CCCCC1. The molecular formula is C15H20BrFN2O. The second kappa shape index (κ2) is 6.57. The Hall–Kier alpha value is -1.10. The van der Waals surface area contributed by atoms with Gasteiger partial charge in [-0.15, -0.1) is 0 Å². The fourth-order valence-electron chi connectivity index (χ4n) is 2.78. The van der Waals surface area contributed by atoms with Gasteiger partial charge in [-0.1, -0.05) is 19.3 Å². The summed E-state index contributed by atoms with van der Waals surface area (Å²) in [5.41, 5.74) is 5.90. The second-order valence-corrected chi connectivity index (χ2v) is 6.37. The third-order valence-electron chi connectivity index (χ3n) is 4.05. The lowest BCUT2D eigenvalue weighted by Gasteiger charge is -2.28. The van der Waals surface area contributed by atoms with Gasteiger partial charge in [-0.3, -0.25) is 4.79 Å². The van der Waals surface area contributed by atoms with Crippen molar-refractivity contribution in [1.29, 1.82) is 0 Å². The van der Waals surface area contributed by atoms with E-state index >= 15 is 0 Å². The molecular weight excluding hydrogens is 323 g/mol. The van der Waals surface area contributed by atoms with Crippen LogP contribution in [0.4, 0.5) is 10.1 Å². The number of halogens is 2. The van der Waals surface area contributed by atoms with E-state index in [1.807, 2.05) is 6.92 Å². The minimum atomic E-state index is -0.520. The molecule has 20 heavy (non-hydrogen) atoms. The number of nitrogen functional groups attached to an aromatic ring is 1. The Morgan fingerprint density at radius 1 is 1.40 bits per heavy atom. The first-order chi connectivity index (χ1) is 9.49. The number of anilines is 1. The van der Waals surface area contributed by atoms with Crippen LogP contribution < -0.4 is 11.1 Å². The van der Waals surface area contributed by atoms with Crippen LogP contribution in [0.25, 0.3) is 0 Å². The first-order valence-electron chi connectivity index (χ1n) is 7.04. The molecule has 0 saturated heterocycles. The highest BCUT2D eigenvalue weighted by atomic mass is 79.9. The van der Waals surface area contributed by atoms with Crippen LogP contribution in [0.15, 0.2) is 16.6 Å². The zero-order valence-electron chi connectivity index (χ0n) is 11.6. The van der Waals surface area contributed by atoms with E-state index in [4.69, 9.17) is 5.73 Å². The van der Waals surface area contributed by atoms with Crippen molar-refractivity contribution in [3.8, 4) is 0 Å². The summed E-state index contributed by atoms with van der Waals surface area (Å²) < 4.78 is 13.7. The van der Waals surface area contributed by atoms with Crippen LogP contribution in [0, 0.1) is 11.7 Å². The van der Waals surface area contributed by atoms with Gasteiger partial charge in [-0.05, 0) is 53.7 Å². The van der Waals surface area contributed by atoms with Crippen molar-refractivity contribution in [2.45, 2.75) is 45.1 Å². The summed E-state index contributed by atoms with van der Waals surface area (Å²) in [4.78, 5) is 12.3. The summed E-state index contributed by atoms with van der Waals surface area (Å²) in [5, 5.41) is 3.01. The van der Waals surface area contributed by atoms with E-state index in [-0.39, 0.29) is 17.6 Å². The van der Waals surface area contributed by atoms with Crippen LogP contribution in [0.1, 0.15) is 49.4 Å². The molecule has 1 atom stereocenters. The highest BCUT2D eigenvalue weighted by molar-refractivity contribution is 9.10. The molecule has 0 radical (unpaired) electrons. The Kier molecular flexibility index (Phi) is 5.02. The molecule has 110 valence electrons. The smallest absolute Gasteiger partial charge is 0.252 e. The third-order valence-corrected chi connectivity index (χ3v) is 4.70. The van der Waals surface area contributed by atoms with Gasteiger partial charge in [0.2, 0.25) is 0 Å². The minimum absolute atomic E-state index is 0.0105. The number of hydrogen-bond acceptors (Lipinski definition) is 2. The Balaban J connectivity index is 2.06. The van der Waals surface area contributed by atoms with E-state index < -0.39 is 5.82 Å². The van der Waals surface area contributed by atoms with E-state index in [0.717, 1.165) is 12.8 Å². The molecule has 0 aromatic heterocycles. The molecule has 1 aromatic rings. The molecule has 0 aliphatic heterocycles. The zero-order chi connectivity index (χ0) is 14.7. The van der Waals surface area contributed by atoms with Gasteiger partial charge < -0.3 is 11.1 Å². The van der Waals surface area contributed by atoms with Crippen molar-refractivity contribution in [2.75, 3.05) is 5.73 Å². The van der Waals surface area contributed by atoms with Gasteiger partial charge >= 0.3 is 0 Å². The molecule has 0 spiro atoms. The lowest BCUT2D eigenvalue weighted by Crippen LogP contribution is -2.39. The first kappa shape index (κ1) is 15.3. The molecule has 1 fully saturated rings. The van der Waals surface area contributed by atoms with Crippen LogP contribution in [-0.4, -0.2) is 11.9 Å². The maximum atomic E-state index is 13.3. The Labute approximate surface area is 127 Å². The average Bonchev–Trinajstić information content (AvgIpc) is 2.43. The number of carbonyl (C=O) groups excluding carboxylic acids is 1. The predicted octanol–water partition coefficient (Wildman–Crippen LogP) is 3.87. The van der Waals surface area contributed by atoms with Crippen LogP contribution >= 0.6 is 15.9 Å². The summed E-state index contributed by atoms with van der Waals surface area (Å²) >= 11 is 3.21. The topological polar surface area (TPSA) is 55.1 Å². The molecule has 1 unspecified atom stereocenters. The van der Waals surface area contributed by atoms with Gasteiger partial charge in [0, 0.05) is 10.5 Å². The first-order valence-corrected chi connectivity index (χ1v) is 7.83. The van der Waals surface area contributed by atoms with E-state index in [1.165, 1.54) is 31.4 Å². The monoisotopic (exact) mass is 342 g/mol. The van der Waals surface area contributed by atoms with Crippen molar-refractivity contribution in [3.05, 3.63) is 28.0 Å². The quantitative estimate of drug-likeness (QED) is 0.819. The standard InChI is InChI=1S/C15H20BrFN2O/c1-9(10-5-3-2-4-6-10)19-15(20)11-7-14(18)13(17)8-12(11)16/h7-10H,2-6,18H2,1H3,(H,19,20). The highest BCUT2D eigenvalue weighted by Crippen LogP contribution is 2.27. The molecule has 3 N–H and O–H groups in total. The van der Waals surface area contributed by atoms with Crippen molar-refractivity contribution in [1.82, 2.24) is 5.32 Å². The Morgan fingerprint density at radius 2 is 2.05 bits per heavy atom. The van der Waals surface area contributed by atoms with Crippen LogP contribution in [0.5, 0.6) is 0 Å². The van der Waals surface area contributed by atoms with Gasteiger partial charge in [0.15, 0.2) is 0 Å². The van der Waals surface area contributed by atoms with Gasteiger partial charge in [-0.25, -0.2) is 4.39 Å². The van der Waals surface area contributed by atoms with E-state index in [1.54, 1.807) is 0 Å². The predicted molar refractivity (Wildman–Crippen MR) is 82.0 cm³/mol. The summed E-state index contributed by atoms with van der Waals surface area (Å²) in [5.74, 6) is -0.195. The van der Waals surface area contributed by atoms with Crippen molar-refractivity contribution >= 4 is 27.5 Å². The highest BCUT2D eigenvalue weighted by Gasteiger charge is 2.23. The Morgan fingerprint density at radius 3 is 2.70 bits per heavy atom. The minimum Gasteiger partial charge on any atom is -0.396 e. The van der Waals surface area contributed by atoms with Crippen LogP contribution in [0.2, 0.25) is 0 Å². The lowest BCUT2D eigenvalue weighted by molar-refractivity contribution is 0.0918. The largest absolute Gasteiger partial charge is 0.396 e. The maximum Gasteiger partial charge on any atom is 0.252 e. The van der Waals surface area contributed by atoms with Crippen molar-refractivity contribution in [3.63, 3.8) is 0 Å². The number of amides is 1. The third kappa shape index (κ3) is 3.51. The van der Waals surface area contributed by atoms with Crippen LogP contribution in [-0.2, 0) is 0 Å². The number of rotatable bonds is 3. The van der Waals surface area contributed by atoms with E-state index in [2.05, 4.69) is 21.2 Å². The number of nitrogens with one attached hydrogen (secondary N) is 1. The number of carbonyl (C=O) groups is 1. The summed E-state index contributed by atoms with van der Waals surface area (Å²) in [7, 11) is 0. The molecule has 0 heterocycles. The molecule has 1 aliphatic rings. The molecule has 0 bridgehead atoms. The van der Waals surface area contributed by atoms with E-state index in [9.17, 15) is 9.18 Å². The lowest BCUT2D eigenvalue weighted by atomic mass is 9.84. The normalized spacial score (nSPS) is 17.8. The zero-order valence-corrected chi connectivity index (χ0v) is 13.2. The van der Waals surface area contributed by atoms with Crippen molar-refractivity contribution in [2.24, 2.45) is 5.92 Å². The maximum absolute atomic E-state index is 13.3. The number of nitrogens with two attached hydrogens (primary N) is 1. The molecule has 1 aliphatic carbocycles. The van der Waals surface area contributed by atoms with Gasteiger partial charge in [0.25, 0.3) is 5.91 Å². The second-order valence-electron chi connectivity index (χ2n) is 5.51. The molecule has 5 heteroatoms. The van der Waals surface area contributed by atoms with Crippen LogP contribution in [0.3, 0.4) is 0 Å². The summed E-state index contributed by atoms with van der Waals surface area (Å²) in [6.07, 6.45) is 6.08. The average molecular weight is 343 g/mol. The molecule has 3 nitrogen and oxygen atoms in total. The summed E-state index contributed by atoms with van der Waals surface area (Å²) in [6.45, 7) is 2.04. The van der Waals surface area contributed by atoms with Crippen molar-refractivity contribution < 1.29 is 9.18 Å². The van der Waals surface area contributed by atoms with Gasteiger partial charge in [0.1, 0.15) is 5.82 Å². The number of hydrogen-bond donors (Lipinski definition) is 2. The molecule has 1 saturated carbocycles. The summed E-state index contributed by atoms with van der Waals surface area (Å²) in [6, 6.07) is 2.73.